The molecule has 4 nitrogen and oxygen atoms in total. The predicted molar refractivity (Wildman–Crippen MR) is 89.8 cm³/mol. The quantitative estimate of drug-likeness (QED) is 0.627. The van der Waals surface area contributed by atoms with Gasteiger partial charge in [-0.05, 0) is 35.7 Å². The molecule has 23 heavy (non-hydrogen) atoms. The number of aromatic nitrogens is 3. The molecule has 0 spiro atoms. The Morgan fingerprint density at radius 2 is 1.57 bits per heavy atom. The van der Waals surface area contributed by atoms with E-state index in [1.807, 2.05) is 22.8 Å². The Labute approximate surface area is 133 Å². The maximum absolute atomic E-state index is 9.58. The fraction of sp³-hybridized carbons (Fsp3) is 0.0526. The minimum absolute atomic E-state index is 0.0000484. The topological polar surface area (TPSA) is 50.9 Å². The Morgan fingerprint density at radius 3 is 2.35 bits per heavy atom. The highest BCUT2D eigenvalue weighted by molar-refractivity contribution is 5.73. The molecule has 4 rings (SSSR count). The minimum Gasteiger partial charge on any atom is -0.493 e. The van der Waals surface area contributed by atoms with Gasteiger partial charge in [0.2, 0.25) is 5.88 Å². The Kier molecular flexibility index (Phi) is 3.27. The van der Waals surface area contributed by atoms with Crippen molar-refractivity contribution in [2.24, 2.45) is 0 Å². The van der Waals surface area contributed by atoms with Crippen LogP contribution in [0.2, 0.25) is 0 Å². The van der Waals surface area contributed by atoms with Crippen LogP contribution >= 0.6 is 0 Å². The van der Waals surface area contributed by atoms with Crippen LogP contribution in [-0.2, 0) is 6.42 Å². The monoisotopic (exact) mass is 301 g/mol. The highest BCUT2D eigenvalue weighted by atomic mass is 16.3. The number of fused-ring (bicyclic) bond motifs is 1. The van der Waals surface area contributed by atoms with Gasteiger partial charge >= 0.3 is 0 Å². The summed E-state index contributed by atoms with van der Waals surface area (Å²) in [6, 6.07) is 22.0. The molecule has 4 heteroatoms. The first kappa shape index (κ1) is 13.5. The lowest BCUT2D eigenvalue weighted by molar-refractivity contribution is 0.455. The van der Waals surface area contributed by atoms with E-state index in [9.17, 15) is 5.11 Å². The number of pyridine rings is 1. The third kappa shape index (κ3) is 2.66. The second kappa shape index (κ2) is 5.57. The van der Waals surface area contributed by atoms with Crippen LogP contribution in [0.15, 0.2) is 73.1 Å². The zero-order chi connectivity index (χ0) is 15.6. The molecule has 0 radical (unpaired) electrons. The molecule has 112 valence electrons. The average molecular weight is 301 g/mol. The second-order valence-corrected chi connectivity index (χ2v) is 5.46. The van der Waals surface area contributed by atoms with Crippen molar-refractivity contribution in [3.05, 3.63) is 84.2 Å². The van der Waals surface area contributed by atoms with Gasteiger partial charge in [0.15, 0.2) is 5.65 Å². The zero-order valence-electron chi connectivity index (χ0n) is 12.4. The van der Waals surface area contributed by atoms with Crippen LogP contribution in [0.4, 0.5) is 0 Å². The fourth-order valence-electron chi connectivity index (χ4n) is 2.68. The molecule has 0 saturated carbocycles. The highest BCUT2D eigenvalue weighted by Gasteiger charge is 2.07. The van der Waals surface area contributed by atoms with Gasteiger partial charge in [0.25, 0.3) is 0 Å². The summed E-state index contributed by atoms with van der Waals surface area (Å²) < 4.78 is 1.88. The zero-order valence-corrected chi connectivity index (χ0v) is 12.4. The summed E-state index contributed by atoms with van der Waals surface area (Å²) in [4.78, 5) is 8.47. The molecular weight excluding hydrogens is 286 g/mol. The van der Waals surface area contributed by atoms with Crippen LogP contribution in [-0.4, -0.2) is 19.6 Å². The Hall–Kier alpha value is -3.14. The van der Waals surface area contributed by atoms with Crippen molar-refractivity contribution >= 4 is 11.2 Å². The minimum atomic E-state index is -0.0000484. The van der Waals surface area contributed by atoms with E-state index < -0.39 is 0 Å². The summed E-state index contributed by atoms with van der Waals surface area (Å²) in [5.41, 5.74) is 4.93. The van der Waals surface area contributed by atoms with E-state index in [1.165, 1.54) is 11.1 Å². The van der Waals surface area contributed by atoms with Crippen LogP contribution in [0.1, 0.15) is 11.1 Å². The molecular formula is C19H15N3O. The van der Waals surface area contributed by atoms with E-state index in [4.69, 9.17) is 0 Å². The lowest BCUT2D eigenvalue weighted by atomic mass is 10.0. The van der Waals surface area contributed by atoms with Gasteiger partial charge in [0.05, 0.1) is 0 Å². The Balaban J connectivity index is 1.66. The van der Waals surface area contributed by atoms with Gasteiger partial charge in [-0.15, -0.1) is 0 Å². The Morgan fingerprint density at radius 1 is 0.826 bits per heavy atom. The summed E-state index contributed by atoms with van der Waals surface area (Å²) in [6.07, 6.45) is 2.63. The molecule has 0 fully saturated rings. The second-order valence-electron chi connectivity index (χ2n) is 5.46. The van der Waals surface area contributed by atoms with E-state index in [-0.39, 0.29) is 5.88 Å². The number of imidazole rings is 1. The summed E-state index contributed by atoms with van der Waals surface area (Å²) >= 11 is 0. The van der Waals surface area contributed by atoms with Crippen LogP contribution < -0.4 is 0 Å². The van der Waals surface area contributed by atoms with Gasteiger partial charge in [-0.2, -0.15) is 4.98 Å². The van der Waals surface area contributed by atoms with Crippen LogP contribution in [0.25, 0.3) is 16.9 Å². The van der Waals surface area contributed by atoms with E-state index >= 15 is 0 Å². The van der Waals surface area contributed by atoms with Crippen LogP contribution in [0, 0.1) is 0 Å². The molecule has 0 aliphatic rings. The molecule has 0 aliphatic heterocycles. The average Bonchev–Trinajstić information content (AvgIpc) is 2.99. The van der Waals surface area contributed by atoms with Crippen molar-refractivity contribution in [2.45, 2.75) is 6.42 Å². The van der Waals surface area contributed by atoms with Gasteiger partial charge in [0.1, 0.15) is 11.8 Å². The molecule has 0 amide bonds. The van der Waals surface area contributed by atoms with Crippen molar-refractivity contribution in [2.75, 3.05) is 0 Å². The van der Waals surface area contributed by atoms with Gasteiger partial charge < -0.3 is 5.11 Å². The summed E-state index contributed by atoms with van der Waals surface area (Å²) in [6.45, 7) is 0. The number of hydrogen-bond donors (Lipinski definition) is 1. The first-order chi connectivity index (χ1) is 11.3. The molecule has 2 aromatic carbocycles. The fourth-order valence-corrected chi connectivity index (χ4v) is 2.68. The number of rotatable bonds is 3. The molecule has 4 aromatic rings. The van der Waals surface area contributed by atoms with E-state index in [2.05, 4.69) is 46.4 Å². The van der Waals surface area contributed by atoms with E-state index in [1.54, 1.807) is 18.5 Å². The highest BCUT2D eigenvalue weighted by Crippen LogP contribution is 2.20. The standard InChI is InChI=1S/C19H15N3O/c23-18-11-10-17-19(21-18)22(13-20-17)16-8-6-15(7-9-16)12-14-4-2-1-3-5-14/h1-11,13H,12H2,(H,21,23). The van der Waals surface area contributed by atoms with Crippen LogP contribution in [0.5, 0.6) is 5.88 Å². The molecule has 1 N–H and O–H groups in total. The summed E-state index contributed by atoms with van der Waals surface area (Å²) in [5, 5.41) is 9.58. The maximum Gasteiger partial charge on any atom is 0.212 e. The number of nitrogens with zero attached hydrogens (tertiary/aromatic N) is 3. The van der Waals surface area contributed by atoms with Crippen molar-refractivity contribution in [1.29, 1.82) is 0 Å². The normalized spacial score (nSPS) is 11.0. The molecule has 0 unspecified atom stereocenters. The molecule has 0 atom stereocenters. The van der Waals surface area contributed by atoms with E-state index in [0.29, 0.717) is 5.65 Å². The van der Waals surface area contributed by atoms with E-state index in [0.717, 1.165) is 17.6 Å². The molecule has 0 bridgehead atoms. The maximum atomic E-state index is 9.58. The van der Waals surface area contributed by atoms with Gasteiger partial charge in [0, 0.05) is 11.8 Å². The van der Waals surface area contributed by atoms with Crippen molar-refractivity contribution in [1.82, 2.24) is 14.5 Å². The first-order valence-electron chi connectivity index (χ1n) is 7.46. The van der Waals surface area contributed by atoms with Crippen molar-refractivity contribution in [3.63, 3.8) is 0 Å². The molecule has 0 saturated heterocycles. The largest absolute Gasteiger partial charge is 0.493 e. The third-order valence-corrected chi connectivity index (χ3v) is 3.85. The summed E-state index contributed by atoms with van der Waals surface area (Å²) in [5.74, 6) is -0.0000484. The van der Waals surface area contributed by atoms with Crippen LogP contribution in [0.3, 0.4) is 0 Å². The number of aromatic hydroxyl groups is 1. The van der Waals surface area contributed by atoms with Crippen molar-refractivity contribution in [3.8, 4) is 11.6 Å². The first-order valence-corrected chi connectivity index (χ1v) is 7.46. The third-order valence-electron chi connectivity index (χ3n) is 3.85. The van der Waals surface area contributed by atoms with Gasteiger partial charge in [-0.3, -0.25) is 4.57 Å². The molecule has 2 heterocycles. The number of hydrogen-bond acceptors (Lipinski definition) is 3. The number of benzene rings is 2. The smallest absolute Gasteiger partial charge is 0.212 e. The lowest BCUT2D eigenvalue weighted by Gasteiger charge is -2.06. The van der Waals surface area contributed by atoms with Gasteiger partial charge in [-0.25, -0.2) is 4.98 Å². The lowest BCUT2D eigenvalue weighted by Crippen LogP contribution is -1.95. The van der Waals surface area contributed by atoms with Crippen molar-refractivity contribution < 1.29 is 5.11 Å². The molecule has 2 aromatic heterocycles. The summed E-state index contributed by atoms with van der Waals surface area (Å²) in [7, 11) is 0. The Bertz CT molecular complexity index is 943. The molecule has 0 aliphatic carbocycles. The SMILES string of the molecule is Oc1ccc2ncn(-c3ccc(Cc4ccccc4)cc3)c2n1. The van der Waals surface area contributed by atoms with Gasteiger partial charge in [-0.1, -0.05) is 42.5 Å². The predicted octanol–water partition coefficient (Wildman–Crippen LogP) is 3.72.